The number of ether oxygens (including phenoxy) is 1. The van der Waals surface area contributed by atoms with Crippen LogP contribution in [0.1, 0.15) is 18.4 Å². The van der Waals surface area contributed by atoms with Gasteiger partial charge in [-0.1, -0.05) is 23.7 Å². The first kappa shape index (κ1) is 17.9. The molecule has 25 heavy (non-hydrogen) atoms. The summed E-state index contributed by atoms with van der Waals surface area (Å²) in [5.41, 5.74) is 4.93. The second-order valence-electron chi connectivity index (χ2n) is 6.02. The fourth-order valence-electron chi connectivity index (χ4n) is 2.98. The van der Waals surface area contributed by atoms with E-state index in [0.717, 1.165) is 32.0 Å². The van der Waals surface area contributed by atoms with E-state index in [4.69, 9.17) is 22.1 Å². The SMILES string of the molecule is Nc1cc(Cl)c(-c2cccc(OC3CCNCC3)c2)c(C(F)(F)F)c1. The third kappa shape index (κ3) is 4.19. The number of nitrogen functional groups attached to an aromatic ring is 1. The molecule has 0 bridgehead atoms. The Hall–Kier alpha value is -1.92. The molecule has 0 spiro atoms. The Kier molecular flexibility index (Phi) is 5.11. The number of hydrogen-bond acceptors (Lipinski definition) is 3. The summed E-state index contributed by atoms with van der Waals surface area (Å²) in [5.74, 6) is 0.533. The molecule has 1 aliphatic rings. The van der Waals surface area contributed by atoms with Gasteiger partial charge in [-0.25, -0.2) is 0 Å². The van der Waals surface area contributed by atoms with Gasteiger partial charge in [0.05, 0.1) is 10.6 Å². The Morgan fingerprint density at radius 1 is 1.12 bits per heavy atom. The maximum atomic E-state index is 13.4. The smallest absolute Gasteiger partial charge is 0.417 e. The lowest BCUT2D eigenvalue weighted by Crippen LogP contribution is -2.34. The first-order valence-electron chi connectivity index (χ1n) is 7.98. The van der Waals surface area contributed by atoms with Crippen molar-refractivity contribution in [1.29, 1.82) is 0 Å². The van der Waals surface area contributed by atoms with Gasteiger partial charge in [-0.2, -0.15) is 13.2 Å². The second-order valence-corrected chi connectivity index (χ2v) is 6.43. The van der Waals surface area contributed by atoms with Crippen molar-refractivity contribution in [3.05, 3.63) is 47.0 Å². The summed E-state index contributed by atoms with van der Waals surface area (Å²) >= 11 is 6.09. The highest BCUT2D eigenvalue weighted by molar-refractivity contribution is 6.33. The number of alkyl halides is 3. The molecule has 1 saturated heterocycles. The number of halogens is 4. The molecule has 0 saturated carbocycles. The van der Waals surface area contributed by atoms with E-state index in [9.17, 15) is 13.2 Å². The summed E-state index contributed by atoms with van der Waals surface area (Å²) in [4.78, 5) is 0. The number of piperidine rings is 1. The highest BCUT2D eigenvalue weighted by Crippen LogP contribution is 2.43. The van der Waals surface area contributed by atoms with Crippen LogP contribution < -0.4 is 15.8 Å². The molecular weight excluding hydrogens is 353 g/mol. The predicted molar refractivity (Wildman–Crippen MR) is 92.8 cm³/mol. The molecule has 2 aromatic carbocycles. The zero-order chi connectivity index (χ0) is 18.0. The molecular formula is C18H18ClF3N2O. The lowest BCUT2D eigenvalue weighted by Gasteiger charge is -2.24. The van der Waals surface area contributed by atoms with Crippen LogP contribution in [0.2, 0.25) is 5.02 Å². The summed E-state index contributed by atoms with van der Waals surface area (Å²) < 4.78 is 46.2. The van der Waals surface area contributed by atoms with Crippen LogP contribution in [0.5, 0.6) is 5.75 Å². The molecule has 0 aromatic heterocycles. The lowest BCUT2D eigenvalue weighted by atomic mass is 9.98. The minimum atomic E-state index is -4.56. The molecule has 3 nitrogen and oxygen atoms in total. The minimum absolute atomic E-state index is 0.0248. The quantitative estimate of drug-likeness (QED) is 0.767. The van der Waals surface area contributed by atoms with Crippen molar-refractivity contribution in [3.63, 3.8) is 0 Å². The van der Waals surface area contributed by atoms with E-state index in [1.807, 2.05) is 0 Å². The molecule has 0 radical (unpaired) electrons. The summed E-state index contributed by atoms with van der Waals surface area (Å²) in [7, 11) is 0. The van der Waals surface area contributed by atoms with Crippen LogP contribution in [0.15, 0.2) is 36.4 Å². The standard InChI is InChI=1S/C18H18ClF3N2O/c19-16-10-12(23)9-15(18(20,21)22)17(16)11-2-1-3-14(8-11)25-13-4-6-24-7-5-13/h1-3,8-10,13,24H,4-7,23H2. The van der Waals surface area contributed by atoms with Gasteiger partial charge in [0.2, 0.25) is 0 Å². The van der Waals surface area contributed by atoms with Gasteiger partial charge in [0.1, 0.15) is 11.9 Å². The maximum absolute atomic E-state index is 13.4. The number of benzene rings is 2. The fraction of sp³-hybridized carbons (Fsp3) is 0.333. The highest BCUT2D eigenvalue weighted by Gasteiger charge is 2.35. The van der Waals surface area contributed by atoms with Gasteiger partial charge < -0.3 is 15.8 Å². The Morgan fingerprint density at radius 2 is 1.84 bits per heavy atom. The molecule has 1 heterocycles. The number of anilines is 1. The van der Waals surface area contributed by atoms with E-state index < -0.39 is 11.7 Å². The minimum Gasteiger partial charge on any atom is -0.490 e. The molecule has 0 aliphatic carbocycles. The molecule has 134 valence electrons. The summed E-state index contributed by atoms with van der Waals surface area (Å²) in [5, 5.41) is 3.20. The topological polar surface area (TPSA) is 47.3 Å². The summed E-state index contributed by atoms with van der Waals surface area (Å²) in [6.45, 7) is 1.73. The Labute approximate surface area is 148 Å². The lowest BCUT2D eigenvalue weighted by molar-refractivity contribution is -0.137. The monoisotopic (exact) mass is 370 g/mol. The van der Waals surface area contributed by atoms with Crippen LogP contribution >= 0.6 is 11.6 Å². The van der Waals surface area contributed by atoms with Crippen molar-refractivity contribution < 1.29 is 17.9 Å². The van der Waals surface area contributed by atoms with Crippen molar-refractivity contribution in [3.8, 4) is 16.9 Å². The van der Waals surface area contributed by atoms with Crippen molar-refractivity contribution in [2.45, 2.75) is 25.1 Å². The van der Waals surface area contributed by atoms with E-state index in [1.54, 1.807) is 24.3 Å². The highest BCUT2D eigenvalue weighted by atomic mass is 35.5. The molecule has 0 unspecified atom stereocenters. The van der Waals surface area contributed by atoms with Crippen LogP contribution in [0.3, 0.4) is 0 Å². The van der Waals surface area contributed by atoms with Gasteiger partial charge in [-0.05, 0) is 55.8 Å². The van der Waals surface area contributed by atoms with Crippen LogP contribution in [0, 0.1) is 0 Å². The molecule has 1 aliphatic heterocycles. The zero-order valence-electron chi connectivity index (χ0n) is 13.4. The first-order valence-corrected chi connectivity index (χ1v) is 8.36. The summed E-state index contributed by atoms with van der Waals surface area (Å²) in [6, 6.07) is 8.81. The fourth-order valence-corrected chi connectivity index (χ4v) is 3.31. The largest absolute Gasteiger partial charge is 0.490 e. The van der Waals surface area contributed by atoms with Gasteiger partial charge in [0, 0.05) is 11.3 Å². The van der Waals surface area contributed by atoms with Gasteiger partial charge in [0.25, 0.3) is 0 Å². The Balaban J connectivity index is 1.98. The number of nitrogens with two attached hydrogens (primary N) is 1. The molecule has 7 heteroatoms. The van der Waals surface area contributed by atoms with Crippen molar-refractivity contribution in [2.24, 2.45) is 0 Å². The van der Waals surface area contributed by atoms with E-state index in [1.165, 1.54) is 6.07 Å². The van der Waals surface area contributed by atoms with Crippen LogP contribution in [-0.4, -0.2) is 19.2 Å². The molecule has 3 N–H and O–H groups in total. The number of rotatable bonds is 3. The third-order valence-corrected chi connectivity index (χ3v) is 4.43. The normalized spacial score (nSPS) is 16.0. The third-order valence-electron chi connectivity index (χ3n) is 4.13. The molecule has 0 amide bonds. The molecule has 3 rings (SSSR count). The molecule has 1 fully saturated rings. The zero-order valence-corrected chi connectivity index (χ0v) is 14.1. The van der Waals surface area contributed by atoms with Gasteiger partial charge >= 0.3 is 6.18 Å². The average molecular weight is 371 g/mol. The predicted octanol–water partition coefficient (Wildman–Crippen LogP) is 4.74. The Morgan fingerprint density at radius 3 is 2.52 bits per heavy atom. The van der Waals surface area contributed by atoms with E-state index in [2.05, 4.69) is 5.32 Å². The molecule has 0 atom stereocenters. The second kappa shape index (κ2) is 7.14. The number of nitrogens with one attached hydrogen (secondary N) is 1. The maximum Gasteiger partial charge on any atom is 0.417 e. The van der Waals surface area contributed by atoms with Crippen LogP contribution in [-0.2, 0) is 6.18 Å². The van der Waals surface area contributed by atoms with Gasteiger partial charge in [-0.15, -0.1) is 0 Å². The van der Waals surface area contributed by atoms with E-state index in [-0.39, 0.29) is 22.4 Å². The van der Waals surface area contributed by atoms with Crippen molar-refractivity contribution in [1.82, 2.24) is 5.32 Å². The molecule has 2 aromatic rings. The van der Waals surface area contributed by atoms with Crippen molar-refractivity contribution in [2.75, 3.05) is 18.8 Å². The van der Waals surface area contributed by atoms with Crippen LogP contribution in [0.25, 0.3) is 11.1 Å². The van der Waals surface area contributed by atoms with E-state index in [0.29, 0.717) is 11.3 Å². The van der Waals surface area contributed by atoms with Crippen molar-refractivity contribution >= 4 is 17.3 Å². The van der Waals surface area contributed by atoms with Gasteiger partial charge in [-0.3, -0.25) is 0 Å². The summed E-state index contributed by atoms with van der Waals surface area (Å²) in [6.07, 6.45) is -2.78. The van der Waals surface area contributed by atoms with E-state index >= 15 is 0 Å². The first-order chi connectivity index (χ1) is 11.8. The van der Waals surface area contributed by atoms with Gasteiger partial charge in [0.15, 0.2) is 0 Å². The average Bonchev–Trinajstić information content (AvgIpc) is 2.54. The number of hydrogen-bond donors (Lipinski definition) is 2. The van der Waals surface area contributed by atoms with Crippen LogP contribution in [0.4, 0.5) is 18.9 Å². The Bertz CT molecular complexity index is 758.